The van der Waals surface area contributed by atoms with E-state index in [0.29, 0.717) is 17.5 Å². The smallest absolute Gasteiger partial charge is 0.387 e. The molecule has 4 aromatic rings. The van der Waals surface area contributed by atoms with Gasteiger partial charge in [-0.1, -0.05) is 6.07 Å². The zero-order valence-electron chi connectivity index (χ0n) is 20.6. The average molecular weight is 502 g/mol. The summed E-state index contributed by atoms with van der Waals surface area (Å²) >= 11 is 0. The number of halogens is 2. The molecule has 2 atom stereocenters. The fourth-order valence-corrected chi connectivity index (χ4v) is 6.24. The molecule has 5 heterocycles. The zero-order valence-corrected chi connectivity index (χ0v) is 20.6. The van der Waals surface area contributed by atoms with E-state index in [1.807, 2.05) is 28.9 Å². The Morgan fingerprint density at radius 3 is 2.84 bits per heavy atom. The van der Waals surface area contributed by atoms with Crippen LogP contribution < -0.4 is 10.1 Å². The van der Waals surface area contributed by atoms with Crippen LogP contribution in [-0.4, -0.2) is 38.8 Å². The number of benzene rings is 1. The molecule has 7 nitrogen and oxygen atoms in total. The summed E-state index contributed by atoms with van der Waals surface area (Å²) in [6, 6.07) is 10.7. The van der Waals surface area contributed by atoms with Gasteiger partial charge in [0.05, 0.1) is 23.1 Å². The minimum absolute atomic E-state index is 0.0383. The number of carbonyl (C=O) groups excluding carboxylic acids is 1. The third kappa shape index (κ3) is 3.16. The van der Waals surface area contributed by atoms with E-state index in [4.69, 9.17) is 14.7 Å². The maximum Gasteiger partial charge on any atom is 0.387 e. The highest BCUT2D eigenvalue weighted by atomic mass is 19.3. The van der Waals surface area contributed by atoms with Gasteiger partial charge in [0, 0.05) is 59.7 Å². The predicted octanol–water partition coefficient (Wildman–Crippen LogP) is 5.00. The number of nitrogens with one attached hydrogen (secondary N) is 1. The van der Waals surface area contributed by atoms with Crippen molar-refractivity contribution in [3.8, 4) is 16.9 Å². The Labute approximate surface area is 212 Å². The van der Waals surface area contributed by atoms with Crippen LogP contribution in [0.1, 0.15) is 70.8 Å². The second-order valence-electron chi connectivity index (χ2n) is 10.5. The minimum Gasteiger partial charge on any atom is -0.434 e. The zero-order chi connectivity index (χ0) is 25.6. The van der Waals surface area contributed by atoms with E-state index in [1.165, 1.54) is 11.6 Å². The number of amides is 1. The molecule has 7 rings (SSSR count). The van der Waals surface area contributed by atoms with Gasteiger partial charge in [-0.05, 0) is 56.2 Å². The molecular weight excluding hydrogens is 476 g/mol. The van der Waals surface area contributed by atoms with Gasteiger partial charge < -0.3 is 19.4 Å². The number of nitrogens with zero attached hydrogens (tertiary/aromatic N) is 4. The van der Waals surface area contributed by atoms with Gasteiger partial charge in [-0.3, -0.25) is 9.78 Å². The Morgan fingerprint density at radius 1 is 1.19 bits per heavy atom. The monoisotopic (exact) mass is 501 g/mol. The number of alkyl halides is 2. The van der Waals surface area contributed by atoms with Crippen LogP contribution in [0.25, 0.3) is 16.8 Å². The molecule has 1 aromatic carbocycles. The van der Waals surface area contributed by atoms with Crippen molar-refractivity contribution in [3.05, 3.63) is 82.6 Å². The van der Waals surface area contributed by atoms with Gasteiger partial charge in [-0.2, -0.15) is 8.78 Å². The van der Waals surface area contributed by atoms with Gasteiger partial charge in [0.1, 0.15) is 11.4 Å². The number of hydrogen-bond acceptors (Lipinski definition) is 5. The SMILES string of the molecule is CN1C(=O)c2cccc(OC(F)F)c2C2CC1c1nc3ccc(-c4cnc5c(c4)C(C)(C)NC5)cn3c12. The van der Waals surface area contributed by atoms with Crippen molar-refractivity contribution in [3.63, 3.8) is 0 Å². The van der Waals surface area contributed by atoms with Crippen molar-refractivity contribution in [2.75, 3.05) is 7.05 Å². The summed E-state index contributed by atoms with van der Waals surface area (Å²) in [4.78, 5) is 24.6. The molecule has 3 aromatic heterocycles. The summed E-state index contributed by atoms with van der Waals surface area (Å²) in [6.07, 6.45) is 4.49. The molecule has 0 fully saturated rings. The minimum atomic E-state index is -2.99. The van der Waals surface area contributed by atoms with Crippen molar-refractivity contribution in [2.45, 2.75) is 50.9 Å². The van der Waals surface area contributed by atoms with Crippen LogP contribution in [0.2, 0.25) is 0 Å². The van der Waals surface area contributed by atoms with Crippen molar-refractivity contribution >= 4 is 11.6 Å². The van der Waals surface area contributed by atoms with E-state index in [0.717, 1.165) is 40.4 Å². The Kier molecular flexibility index (Phi) is 4.58. The molecule has 2 bridgehead atoms. The van der Waals surface area contributed by atoms with Crippen LogP contribution in [0, 0.1) is 0 Å². The number of aromatic nitrogens is 3. The van der Waals surface area contributed by atoms with Crippen molar-refractivity contribution in [1.82, 2.24) is 24.6 Å². The van der Waals surface area contributed by atoms with Crippen LogP contribution in [0.3, 0.4) is 0 Å². The summed E-state index contributed by atoms with van der Waals surface area (Å²) in [7, 11) is 1.75. The molecule has 2 unspecified atom stereocenters. The fourth-order valence-electron chi connectivity index (χ4n) is 6.24. The lowest BCUT2D eigenvalue weighted by Crippen LogP contribution is -2.30. The van der Waals surface area contributed by atoms with E-state index in [1.54, 1.807) is 24.1 Å². The van der Waals surface area contributed by atoms with Gasteiger partial charge in [-0.15, -0.1) is 0 Å². The standard InChI is InChI=1S/C28H25F2N5O2/c1-28(2)18-9-15(11-31-19(18)12-32-28)14-7-8-22-33-24-20-10-17(25(24)35(22)13-14)23-16(26(36)34(20)3)5-4-6-21(23)37-27(29)30/h4-9,11,13,17,20,27,32H,10,12H2,1-3H3. The number of imidazole rings is 1. The van der Waals surface area contributed by atoms with Crippen molar-refractivity contribution in [2.24, 2.45) is 0 Å². The molecule has 0 saturated heterocycles. The number of carbonyl (C=O) groups is 1. The third-order valence-corrected chi connectivity index (χ3v) is 8.11. The molecule has 3 aliphatic rings. The number of rotatable bonds is 3. The highest BCUT2D eigenvalue weighted by molar-refractivity contribution is 5.98. The molecule has 0 saturated carbocycles. The summed E-state index contributed by atoms with van der Waals surface area (Å²) in [5.41, 5.74) is 7.39. The normalized spacial score (nSPS) is 21.2. The number of hydrogen-bond donors (Lipinski definition) is 1. The maximum absolute atomic E-state index is 13.3. The van der Waals surface area contributed by atoms with Crippen LogP contribution in [-0.2, 0) is 12.1 Å². The first kappa shape index (κ1) is 22.4. The fraction of sp³-hybridized carbons (Fsp3) is 0.321. The molecule has 9 heteroatoms. The Hall–Kier alpha value is -3.85. The Morgan fingerprint density at radius 2 is 2.03 bits per heavy atom. The second kappa shape index (κ2) is 7.58. The predicted molar refractivity (Wildman–Crippen MR) is 133 cm³/mol. The highest BCUT2D eigenvalue weighted by Crippen LogP contribution is 2.52. The van der Waals surface area contributed by atoms with Gasteiger partial charge in [0.15, 0.2) is 0 Å². The van der Waals surface area contributed by atoms with Crippen LogP contribution in [0.5, 0.6) is 5.75 Å². The Bertz CT molecular complexity index is 1610. The summed E-state index contributed by atoms with van der Waals surface area (Å²) in [6.45, 7) is 2.05. The van der Waals surface area contributed by atoms with E-state index in [9.17, 15) is 13.6 Å². The molecule has 0 spiro atoms. The first-order valence-electron chi connectivity index (χ1n) is 12.3. The molecule has 188 valence electrons. The van der Waals surface area contributed by atoms with Gasteiger partial charge in [0.25, 0.3) is 5.91 Å². The second-order valence-corrected chi connectivity index (χ2v) is 10.5. The molecule has 37 heavy (non-hydrogen) atoms. The van der Waals surface area contributed by atoms with E-state index >= 15 is 0 Å². The largest absolute Gasteiger partial charge is 0.434 e. The molecule has 1 amide bonds. The summed E-state index contributed by atoms with van der Waals surface area (Å²) in [5, 5.41) is 3.49. The summed E-state index contributed by atoms with van der Waals surface area (Å²) < 4.78 is 33.6. The van der Waals surface area contributed by atoms with Gasteiger partial charge in [0.2, 0.25) is 0 Å². The molecule has 2 aliphatic heterocycles. The third-order valence-electron chi connectivity index (χ3n) is 8.11. The lowest BCUT2D eigenvalue weighted by Gasteiger charge is -2.24. The van der Waals surface area contributed by atoms with Gasteiger partial charge in [-0.25, -0.2) is 4.98 Å². The molecule has 0 radical (unpaired) electrons. The van der Waals surface area contributed by atoms with E-state index in [-0.39, 0.29) is 29.2 Å². The maximum atomic E-state index is 13.3. The molecular formula is C28H25F2N5O2. The highest BCUT2D eigenvalue weighted by Gasteiger charge is 2.46. The summed E-state index contributed by atoms with van der Waals surface area (Å²) in [5.74, 6) is -0.493. The van der Waals surface area contributed by atoms with Crippen molar-refractivity contribution in [1.29, 1.82) is 0 Å². The quantitative estimate of drug-likeness (QED) is 0.428. The number of pyridine rings is 2. The lowest BCUT2D eigenvalue weighted by atomic mass is 9.91. The number of ether oxygens (including phenoxy) is 1. The van der Waals surface area contributed by atoms with E-state index in [2.05, 4.69) is 25.2 Å². The van der Waals surface area contributed by atoms with E-state index < -0.39 is 6.61 Å². The van der Waals surface area contributed by atoms with Crippen LogP contribution >= 0.6 is 0 Å². The Balaban J connectivity index is 1.42. The van der Waals surface area contributed by atoms with Crippen molar-refractivity contribution < 1.29 is 18.3 Å². The number of fused-ring (bicyclic) bond motifs is 10. The molecule has 1 N–H and O–H groups in total. The lowest BCUT2D eigenvalue weighted by molar-refractivity contribution is -0.0506. The first-order valence-corrected chi connectivity index (χ1v) is 12.3. The van der Waals surface area contributed by atoms with Gasteiger partial charge >= 0.3 is 6.61 Å². The van der Waals surface area contributed by atoms with Crippen LogP contribution in [0.15, 0.2) is 48.8 Å². The van der Waals surface area contributed by atoms with Crippen LogP contribution in [0.4, 0.5) is 8.78 Å². The first-order chi connectivity index (χ1) is 17.7. The topological polar surface area (TPSA) is 71.8 Å². The average Bonchev–Trinajstić information content (AvgIpc) is 3.50. The molecule has 1 aliphatic carbocycles.